The third kappa shape index (κ3) is 3.97. The zero-order chi connectivity index (χ0) is 17.1. The molecule has 2 aliphatic rings. The van der Waals surface area contributed by atoms with E-state index in [1.807, 2.05) is 23.1 Å². The summed E-state index contributed by atoms with van der Waals surface area (Å²) in [5, 5.41) is 4.49. The van der Waals surface area contributed by atoms with Crippen molar-refractivity contribution in [1.29, 1.82) is 0 Å². The van der Waals surface area contributed by atoms with Crippen LogP contribution in [-0.2, 0) is 4.79 Å². The van der Waals surface area contributed by atoms with Crippen LogP contribution in [0.5, 0.6) is 0 Å². The van der Waals surface area contributed by atoms with E-state index in [0.29, 0.717) is 10.0 Å². The number of piperazine rings is 2. The first-order valence-corrected chi connectivity index (χ1v) is 9.28. The molecule has 1 amide bonds. The zero-order valence-electron chi connectivity index (χ0n) is 14.0. The van der Waals surface area contributed by atoms with Crippen molar-refractivity contribution in [2.45, 2.75) is 13.0 Å². The first-order valence-electron chi connectivity index (χ1n) is 8.53. The molecular weight excluding hydrogens is 347 g/mol. The van der Waals surface area contributed by atoms with Gasteiger partial charge < -0.3 is 20.0 Å². The summed E-state index contributed by atoms with van der Waals surface area (Å²) in [6.45, 7) is 8.95. The number of hydrogen-bond donors (Lipinski definition) is 1. The highest BCUT2D eigenvalue weighted by atomic mass is 35.5. The molecule has 1 atom stereocenters. The number of rotatable bonds is 3. The lowest BCUT2D eigenvalue weighted by molar-refractivity contribution is -0.134. The van der Waals surface area contributed by atoms with E-state index in [1.54, 1.807) is 0 Å². The highest BCUT2D eigenvalue weighted by Crippen LogP contribution is 2.27. The molecule has 2 aliphatic heterocycles. The molecule has 0 aromatic heterocycles. The Morgan fingerprint density at radius 1 is 1.17 bits per heavy atom. The van der Waals surface area contributed by atoms with E-state index in [2.05, 4.69) is 22.0 Å². The molecule has 0 aliphatic carbocycles. The fourth-order valence-corrected chi connectivity index (χ4v) is 3.64. The van der Waals surface area contributed by atoms with E-state index in [4.69, 9.17) is 23.2 Å². The highest BCUT2D eigenvalue weighted by Gasteiger charge is 2.30. The van der Waals surface area contributed by atoms with Crippen LogP contribution in [0.1, 0.15) is 6.92 Å². The second-order valence-corrected chi connectivity index (χ2v) is 7.13. The Kier molecular flexibility index (Phi) is 5.87. The van der Waals surface area contributed by atoms with Crippen LogP contribution in [0.3, 0.4) is 0 Å². The Morgan fingerprint density at radius 3 is 2.58 bits per heavy atom. The summed E-state index contributed by atoms with van der Waals surface area (Å²) < 4.78 is 0. The molecule has 1 N–H and O–H groups in total. The number of anilines is 1. The van der Waals surface area contributed by atoms with E-state index in [1.165, 1.54) is 0 Å². The molecule has 1 aromatic carbocycles. The summed E-state index contributed by atoms with van der Waals surface area (Å²) in [5.74, 6) is 0.224. The minimum Gasteiger partial charge on any atom is -0.368 e. The van der Waals surface area contributed by atoms with Gasteiger partial charge in [-0.15, -0.1) is 0 Å². The van der Waals surface area contributed by atoms with Crippen molar-refractivity contribution in [2.75, 3.05) is 57.3 Å². The summed E-state index contributed by atoms with van der Waals surface area (Å²) in [4.78, 5) is 19.3. The lowest BCUT2D eigenvalue weighted by Gasteiger charge is -2.40. The molecule has 0 unspecified atom stereocenters. The maximum atomic E-state index is 12.7. The summed E-state index contributed by atoms with van der Waals surface area (Å²) in [5.41, 5.74) is 1.06. The van der Waals surface area contributed by atoms with Gasteiger partial charge in [0.05, 0.1) is 16.1 Å². The van der Waals surface area contributed by atoms with Gasteiger partial charge in [-0.25, -0.2) is 0 Å². The molecule has 0 bridgehead atoms. The maximum Gasteiger partial charge on any atom is 0.241 e. The predicted molar refractivity (Wildman–Crippen MR) is 99.2 cm³/mol. The zero-order valence-corrected chi connectivity index (χ0v) is 15.5. The first kappa shape index (κ1) is 17.8. The monoisotopic (exact) mass is 370 g/mol. The Bertz CT molecular complexity index is 590. The molecule has 0 spiro atoms. The molecule has 0 radical (unpaired) electrons. The Balaban J connectivity index is 1.56. The van der Waals surface area contributed by atoms with Gasteiger partial charge in [0.2, 0.25) is 5.91 Å². The van der Waals surface area contributed by atoms with Crippen LogP contribution in [0.4, 0.5) is 5.69 Å². The van der Waals surface area contributed by atoms with Crippen molar-refractivity contribution in [3.63, 3.8) is 0 Å². The van der Waals surface area contributed by atoms with Crippen LogP contribution in [0.25, 0.3) is 0 Å². The third-order valence-corrected chi connectivity index (χ3v) is 5.60. The van der Waals surface area contributed by atoms with Gasteiger partial charge in [-0.1, -0.05) is 30.1 Å². The van der Waals surface area contributed by atoms with Crippen LogP contribution in [0.15, 0.2) is 18.2 Å². The largest absolute Gasteiger partial charge is 0.368 e. The van der Waals surface area contributed by atoms with Crippen LogP contribution in [-0.4, -0.2) is 74.1 Å². The number of likely N-dealkylation sites (N-methyl/N-ethyl adjacent to an activating group) is 1. The van der Waals surface area contributed by atoms with Crippen molar-refractivity contribution in [2.24, 2.45) is 0 Å². The smallest absolute Gasteiger partial charge is 0.241 e. The quantitative estimate of drug-likeness (QED) is 0.882. The number of hydrogen-bond acceptors (Lipinski definition) is 4. The van der Waals surface area contributed by atoms with Gasteiger partial charge in [0, 0.05) is 51.5 Å². The Hall–Kier alpha value is -1.01. The van der Waals surface area contributed by atoms with Gasteiger partial charge in [0.25, 0.3) is 0 Å². The van der Waals surface area contributed by atoms with Gasteiger partial charge in [0.1, 0.15) is 0 Å². The van der Waals surface area contributed by atoms with Gasteiger partial charge in [-0.05, 0) is 24.7 Å². The topological polar surface area (TPSA) is 38.8 Å². The summed E-state index contributed by atoms with van der Waals surface area (Å²) >= 11 is 12.1. The van der Waals surface area contributed by atoms with Gasteiger partial charge in [0.15, 0.2) is 0 Å². The normalized spacial score (nSPS) is 22.7. The number of nitrogens with one attached hydrogen (secondary N) is 1. The molecule has 1 aromatic rings. The fourth-order valence-electron chi connectivity index (χ4n) is 3.35. The molecule has 7 heteroatoms. The summed E-state index contributed by atoms with van der Waals surface area (Å²) in [6.07, 6.45) is 0. The van der Waals surface area contributed by atoms with E-state index < -0.39 is 0 Å². The second kappa shape index (κ2) is 7.91. The van der Waals surface area contributed by atoms with Gasteiger partial charge in [-0.3, -0.25) is 4.79 Å². The standard InChI is InChI=1S/C17H24Cl2N4O/c1-2-21-6-5-20-16(12-21)17(24)23-9-7-22(8-10-23)13-3-4-14(18)15(19)11-13/h3-4,11,16,20H,2,5-10,12H2,1H3/t16-/m1/s1. The first-order chi connectivity index (χ1) is 11.6. The third-order valence-electron chi connectivity index (χ3n) is 4.86. The number of benzene rings is 1. The van der Waals surface area contributed by atoms with Crippen molar-refractivity contribution < 1.29 is 4.79 Å². The molecule has 3 rings (SSSR count). The van der Waals surface area contributed by atoms with E-state index in [0.717, 1.165) is 58.0 Å². The highest BCUT2D eigenvalue weighted by molar-refractivity contribution is 6.42. The van der Waals surface area contributed by atoms with Crippen LogP contribution in [0.2, 0.25) is 10.0 Å². The average Bonchev–Trinajstić information content (AvgIpc) is 2.63. The minimum atomic E-state index is -0.0739. The number of nitrogens with zero attached hydrogens (tertiary/aromatic N) is 3. The lowest BCUT2D eigenvalue weighted by Crippen LogP contribution is -2.60. The molecule has 0 saturated carbocycles. The summed E-state index contributed by atoms with van der Waals surface area (Å²) in [6, 6.07) is 5.62. The maximum absolute atomic E-state index is 12.7. The molecular formula is C17H24Cl2N4O. The SMILES string of the molecule is CCN1CCN[C@@H](C(=O)N2CCN(c3ccc(Cl)c(Cl)c3)CC2)C1. The summed E-state index contributed by atoms with van der Waals surface area (Å²) in [7, 11) is 0. The predicted octanol–water partition coefficient (Wildman–Crippen LogP) is 1.94. The molecule has 2 heterocycles. The van der Waals surface area contributed by atoms with E-state index in [9.17, 15) is 4.79 Å². The number of halogens is 2. The van der Waals surface area contributed by atoms with Crippen molar-refractivity contribution in [3.05, 3.63) is 28.2 Å². The lowest BCUT2D eigenvalue weighted by atomic mass is 10.1. The molecule has 2 saturated heterocycles. The Labute approximate surface area is 153 Å². The van der Waals surface area contributed by atoms with Crippen LogP contribution in [0, 0.1) is 0 Å². The Morgan fingerprint density at radius 2 is 1.92 bits per heavy atom. The van der Waals surface area contributed by atoms with Crippen molar-refractivity contribution in [3.8, 4) is 0 Å². The van der Waals surface area contributed by atoms with Crippen molar-refractivity contribution >= 4 is 34.8 Å². The fraction of sp³-hybridized carbons (Fsp3) is 0.588. The van der Waals surface area contributed by atoms with E-state index in [-0.39, 0.29) is 11.9 Å². The van der Waals surface area contributed by atoms with Gasteiger partial charge in [-0.2, -0.15) is 0 Å². The molecule has 5 nitrogen and oxygen atoms in total. The van der Waals surface area contributed by atoms with Crippen molar-refractivity contribution in [1.82, 2.24) is 15.1 Å². The van der Waals surface area contributed by atoms with Crippen LogP contribution < -0.4 is 10.2 Å². The second-order valence-electron chi connectivity index (χ2n) is 6.31. The van der Waals surface area contributed by atoms with Crippen LogP contribution >= 0.6 is 23.2 Å². The number of carbonyl (C=O) groups is 1. The van der Waals surface area contributed by atoms with E-state index >= 15 is 0 Å². The average molecular weight is 371 g/mol. The molecule has 24 heavy (non-hydrogen) atoms. The van der Waals surface area contributed by atoms with Gasteiger partial charge >= 0.3 is 0 Å². The minimum absolute atomic E-state index is 0.0739. The number of amides is 1. The molecule has 2 fully saturated rings. The molecule has 132 valence electrons. The number of carbonyl (C=O) groups excluding carboxylic acids is 1.